The van der Waals surface area contributed by atoms with Crippen LogP contribution in [-0.4, -0.2) is 22.1 Å². The summed E-state index contributed by atoms with van der Waals surface area (Å²) in [5, 5.41) is 4.24. The molecule has 1 fully saturated rings. The predicted molar refractivity (Wildman–Crippen MR) is 70.5 cm³/mol. The van der Waals surface area contributed by atoms with Gasteiger partial charge < -0.3 is 9.88 Å². The largest absolute Gasteiger partial charge is 0.331 e. The van der Waals surface area contributed by atoms with Gasteiger partial charge in [-0.2, -0.15) is 0 Å². The van der Waals surface area contributed by atoms with Gasteiger partial charge in [-0.15, -0.1) is 0 Å². The number of rotatable bonds is 2. The van der Waals surface area contributed by atoms with Crippen LogP contribution in [0.3, 0.4) is 0 Å². The molecule has 3 nitrogen and oxygen atoms in total. The molecule has 90 valence electrons. The SMILES string of the molecule is Cn1c(CC2CCCN2)nc2c(Cl)cccc21. The van der Waals surface area contributed by atoms with Crippen molar-refractivity contribution in [3.8, 4) is 0 Å². The van der Waals surface area contributed by atoms with Crippen LogP contribution < -0.4 is 5.32 Å². The fraction of sp³-hybridized carbons (Fsp3) is 0.462. The number of aromatic nitrogens is 2. The van der Waals surface area contributed by atoms with E-state index in [0.717, 1.165) is 34.8 Å². The highest BCUT2D eigenvalue weighted by Gasteiger charge is 2.18. The number of fused-ring (bicyclic) bond motifs is 1. The van der Waals surface area contributed by atoms with Crippen LogP contribution in [0, 0.1) is 0 Å². The lowest BCUT2D eigenvalue weighted by Gasteiger charge is -2.09. The third kappa shape index (κ3) is 1.94. The van der Waals surface area contributed by atoms with Crippen LogP contribution in [0.4, 0.5) is 0 Å². The maximum absolute atomic E-state index is 6.17. The fourth-order valence-corrected chi connectivity index (χ4v) is 2.77. The van der Waals surface area contributed by atoms with Gasteiger partial charge in [0, 0.05) is 19.5 Å². The van der Waals surface area contributed by atoms with Crippen LogP contribution in [-0.2, 0) is 13.5 Å². The number of aryl methyl sites for hydroxylation is 1. The highest BCUT2D eigenvalue weighted by Crippen LogP contribution is 2.24. The molecule has 1 saturated heterocycles. The van der Waals surface area contributed by atoms with Gasteiger partial charge in [-0.3, -0.25) is 0 Å². The van der Waals surface area contributed by atoms with Crippen molar-refractivity contribution in [2.24, 2.45) is 7.05 Å². The van der Waals surface area contributed by atoms with Crippen molar-refractivity contribution in [1.82, 2.24) is 14.9 Å². The van der Waals surface area contributed by atoms with Gasteiger partial charge in [0.15, 0.2) is 0 Å². The van der Waals surface area contributed by atoms with Gasteiger partial charge >= 0.3 is 0 Å². The normalized spacial score (nSPS) is 20.2. The quantitative estimate of drug-likeness (QED) is 0.887. The third-order valence-electron chi connectivity index (χ3n) is 3.55. The Balaban J connectivity index is 1.99. The van der Waals surface area contributed by atoms with Gasteiger partial charge in [0.1, 0.15) is 11.3 Å². The van der Waals surface area contributed by atoms with Crippen molar-refractivity contribution in [1.29, 1.82) is 0 Å². The third-order valence-corrected chi connectivity index (χ3v) is 3.85. The lowest BCUT2D eigenvalue weighted by Crippen LogP contribution is -2.25. The maximum atomic E-state index is 6.17. The van der Waals surface area contributed by atoms with Gasteiger partial charge in [0.05, 0.1) is 10.5 Å². The van der Waals surface area contributed by atoms with Crippen molar-refractivity contribution in [2.45, 2.75) is 25.3 Å². The molecule has 1 atom stereocenters. The standard InChI is InChI=1S/C13H16ClN3/c1-17-11-6-2-5-10(14)13(11)16-12(17)8-9-4-3-7-15-9/h2,5-6,9,15H,3-4,7-8H2,1H3. The molecule has 0 aliphatic carbocycles. The van der Waals surface area contributed by atoms with Crippen LogP contribution >= 0.6 is 11.6 Å². The second kappa shape index (κ2) is 4.31. The Morgan fingerprint density at radius 1 is 1.53 bits per heavy atom. The number of hydrogen-bond acceptors (Lipinski definition) is 2. The Labute approximate surface area is 106 Å². The molecule has 2 aromatic rings. The lowest BCUT2D eigenvalue weighted by atomic mass is 10.1. The van der Waals surface area contributed by atoms with Gasteiger partial charge in [0.2, 0.25) is 0 Å². The first kappa shape index (κ1) is 11.1. The average Bonchev–Trinajstić information content (AvgIpc) is 2.92. The Kier molecular flexibility index (Phi) is 2.81. The Hall–Kier alpha value is -1.06. The molecule has 0 spiro atoms. The summed E-state index contributed by atoms with van der Waals surface area (Å²) < 4.78 is 2.15. The van der Waals surface area contributed by atoms with Crippen molar-refractivity contribution < 1.29 is 0 Å². The molecule has 4 heteroatoms. The van der Waals surface area contributed by atoms with E-state index in [9.17, 15) is 0 Å². The van der Waals surface area contributed by atoms with Crippen LogP contribution in [0.5, 0.6) is 0 Å². The molecule has 17 heavy (non-hydrogen) atoms. The topological polar surface area (TPSA) is 29.9 Å². The summed E-state index contributed by atoms with van der Waals surface area (Å²) in [6.45, 7) is 1.13. The molecular formula is C13H16ClN3. The maximum Gasteiger partial charge on any atom is 0.111 e. The van der Waals surface area contributed by atoms with E-state index in [-0.39, 0.29) is 0 Å². The van der Waals surface area contributed by atoms with Crippen LogP contribution in [0.2, 0.25) is 5.02 Å². The van der Waals surface area contributed by atoms with E-state index in [2.05, 4.69) is 28.0 Å². The molecule has 1 aliphatic rings. The van der Waals surface area contributed by atoms with Gasteiger partial charge in [-0.25, -0.2) is 4.98 Å². The highest BCUT2D eigenvalue weighted by atomic mass is 35.5. The monoisotopic (exact) mass is 249 g/mol. The molecule has 1 aliphatic heterocycles. The average molecular weight is 250 g/mol. The first-order valence-corrected chi connectivity index (χ1v) is 6.46. The zero-order valence-electron chi connectivity index (χ0n) is 9.91. The Morgan fingerprint density at radius 2 is 2.41 bits per heavy atom. The van der Waals surface area contributed by atoms with E-state index in [1.165, 1.54) is 12.8 Å². The first-order chi connectivity index (χ1) is 8.25. The number of para-hydroxylation sites is 1. The summed E-state index contributed by atoms with van der Waals surface area (Å²) in [4.78, 5) is 4.67. The number of imidazole rings is 1. The lowest BCUT2D eigenvalue weighted by molar-refractivity contribution is 0.575. The van der Waals surface area contributed by atoms with Gasteiger partial charge in [-0.1, -0.05) is 17.7 Å². The summed E-state index contributed by atoms with van der Waals surface area (Å²) in [6.07, 6.45) is 3.51. The van der Waals surface area contributed by atoms with Gasteiger partial charge in [0.25, 0.3) is 0 Å². The minimum Gasteiger partial charge on any atom is -0.331 e. The fourth-order valence-electron chi connectivity index (χ4n) is 2.56. The first-order valence-electron chi connectivity index (χ1n) is 6.09. The van der Waals surface area contributed by atoms with E-state index in [0.29, 0.717) is 6.04 Å². The molecule has 0 saturated carbocycles. The van der Waals surface area contributed by atoms with Crippen molar-refractivity contribution >= 4 is 22.6 Å². The summed E-state index contributed by atoms with van der Waals surface area (Å²) in [7, 11) is 2.07. The van der Waals surface area contributed by atoms with E-state index >= 15 is 0 Å². The molecule has 3 rings (SSSR count). The number of nitrogens with one attached hydrogen (secondary N) is 1. The summed E-state index contributed by atoms with van der Waals surface area (Å²) in [6, 6.07) is 6.52. The number of nitrogens with zero attached hydrogens (tertiary/aromatic N) is 2. The number of halogens is 1. The number of hydrogen-bond donors (Lipinski definition) is 1. The Morgan fingerprint density at radius 3 is 3.12 bits per heavy atom. The summed E-state index contributed by atoms with van der Waals surface area (Å²) >= 11 is 6.17. The second-order valence-electron chi connectivity index (χ2n) is 4.69. The zero-order chi connectivity index (χ0) is 11.8. The number of benzene rings is 1. The molecule has 1 aromatic carbocycles. The van der Waals surface area contributed by atoms with Crippen molar-refractivity contribution in [3.05, 3.63) is 29.0 Å². The second-order valence-corrected chi connectivity index (χ2v) is 5.10. The summed E-state index contributed by atoms with van der Waals surface area (Å²) in [5.74, 6) is 1.12. The highest BCUT2D eigenvalue weighted by molar-refractivity contribution is 6.34. The molecule has 1 N–H and O–H groups in total. The van der Waals surface area contributed by atoms with Crippen LogP contribution in [0.25, 0.3) is 11.0 Å². The molecule has 2 heterocycles. The summed E-state index contributed by atoms with van der Waals surface area (Å²) in [5.41, 5.74) is 2.04. The minimum atomic E-state index is 0.573. The van der Waals surface area contributed by atoms with E-state index in [1.807, 2.05) is 12.1 Å². The van der Waals surface area contributed by atoms with E-state index < -0.39 is 0 Å². The molecule has 0 bridgehead atoms. The molecule has 0 radical (unpaired) electrons. The molecule has 1 unspecified atom stereocenters. The van der Waals surface area contributed by atoms with Gasteiger partial charge in [-0.05, 0) is 31.5 Å². The predicted octanol–water partition coefficient (Wildman–Crippen LogP) is 2.52. The molecular weight excluding hydrogens is 234 g/mol. The molecule has 1 aromatic heterocycles. The smallest absolute Gasteiger partial charge is 0.111 e. The van der Waals surface area contributed by atoms with Crippen LogP contribution in [0.1, 0.15) is 18.7 Å². The zero-order valence-corrected chi connectivity index (χ0v) is 10.7. The van der Waals surface area contributed by atoms with Crippen LogP contribution in [0.15, 0.2) is 18.2 Å². The van der Waals surface area contributed by atoms with E-state index in [1.54, 1.807) is 0 Å². The Bertz CT molecular complexity index is 541. The van der Waals surface area contributed by atoms with Crippen molar-refractivity contribution in [3.63, 3.8) is 0 Å². The minimum absolute atomic E-state index is 0.573. The molecule has 0 amide bonds. The van der Waals surface area contributed by atoms with Crippen molar-refractivity contribution in [2.75, 3.05) is 6.54 Å². The van der Waals surface area contributed by atoms with E-state index in [4.69, 9.17) is 11.6 Å².